The molecule has 0 bridgehead atoms. The van der Waals surface area contributed by atoms with Gasteiger partial charge >= 0.3 is 0 Å². The van der Waals surface area contributed by atoms with E-state index in [0.29, 0.717) is 5.92 Å². The van der Waals surface area contributed by atoms with Crippen LogP contribution < -0.4 is 16.0 Å². The lowest BCUT2D eigenvalue weighted by atomic mass is 9.93. The van der Waals surface area contributed by atoms with Crippen molar-refractivity contribution in [2.24, 2.45) is 11.8 Å². The molecule has 1 heterocycles. The van der Waals surface area contributed by atoms with Gasteiger partial charge < -0.3 is 9.47 Å². The number of methoxy groups -OCH3 is 1. The molecule has 1 aromatic rings. The average molecular weight is 222 g/mol. The predicted octanol–water partition coefficient (Wildman–Crippen LogP) is 1.24. The van der Waals surface area contributed by atoms with Gasteiger partial charge in [-0.3, -0.25) is 11.3 Å². The fraction of sp³-hybridized carbons (Fsp3) is 0.500. The van der Waals surface area contributed by atoms with E-state index in [1.165, 1.54) is 5.56 Å². The summed E-state index contributed by atoms with van der Waals surface area (Å²) in [6.45, 7) is 1.61. The third-order valence-corrected chi connectivity index (χ3v) is 3.09. The van der Waals surface area contributed by atoms with Crippen molar-refractivity contribution in [3.05, 3.63) is 29.8 Å². The van der Waals surface area contributed by atoms with Gasteiger partial charge in [-0.25, -0.2) is 0 Å². The van der Waals surface area contributed by atoms with E-state index in [1.807, 2.05) is 24.3 Å². The van der Waals surface area contributed by atoms with Gasteiger partial charge in [-0.15, -0.1) is 0 Å². The summed E-state index contributed by atoms with van der Waals surface area (Å²) in [5, 5.41) is 0. The molecule has 4 nitrogen and oxygen atoms in total. The van der Waals surface area contributed by atoms with E-state index in [1.54, 1.807) is 7.11 Å². The first-order valence-corrected chi connectivity index (χ1v) is 5.53. The van der Waals surface area contributed by atoms with Gasteiger partial charge in [-0.05, 0) is 24.1 Å². The number of nitrogens with one attached hydrogen (secondary N) is 1. The molecular formula is C12H18N2O2. The normalized spacial score (nSPS) is 22.0. The molecule has 4 heteroatoms. The van der Waals surface area contributed by atoms with Crippen LogP contribution in [0.4, 0.5) is 0 Å². The lowest BCUT2D eigenvalue weighted by molar-refractivity contribution is 0.177. The second kappa shape index (κ2) is 5.30. The maximum atomic E-state index is 5.62. The smallest absolute Gasteiger partial charge is 0.118 e. The number of nitrogens with two attached hydrogens (primary N) is 1. The van der Waals surface area contributed by atoms with Crippen molar-refractivity contribution in [1.29, 1.82) is 0 Å². The van der Waals surface area contributed by atoms with Crippen LogP contribution in [-0.2, 0) is 4.74 Å². The maximum Gasteiger partial charge on any atom is 0.118 e. The molecule has 2 atom stereocenters. The predicted molar refractivity (Wildman–Crippen MR) is 62.0 cm³/mol. The van der Waals surface area contributed by atoms with E-state index in [9.17, 15) is 0 Å². The van der Waals surface area contributed by atoms with E-state index in [0.717, 1.165) is 25.4 Å². The van der Waals surface area contributed by atoms with Crippen molar-refractivity contribution in [3.8, 4) is 5.75 Å². The molecule has 1 fully saturated rings. The summed E-state index contributed by atoms with van der Waals surface area (Å²) in [5.74, 6) is 6.94. The summed E-state index contributed by atoms with van der Waals surface area (Å²) < 4.78 is 10.5. The van der Waals surface area contributed by atoms with Crippen LogP contribution in [0.3, 0.4) is 0 Å². The van der Waals surface area contributed by atoms with Gasteiger partial charge in [0.25, 0.3) is 0 Å². The van der Waals surface area contributed by atoms with Crippen LogP contribution in [0.15, 0.2) is 24.3 Å². The van der Waals surface area contributed by atoms with Crippen LogP contribution in [0.5, 0.6) is 5.75 Å². The molecule has 88 valence electrons. The molecule has 0 spiro atoms. The molecule has 0 amide bonds. The fourth-order valence-corrected chi connectivity index (χ4v) is 2.13. The van der Waals surface area contributed by atoms with Crippen molar-refractivity contribution in [2.45, 2.75) is 12.5 Å². The highest BCUT2D eigenvalue weighted by Gasteiger charge is 2.26. The standard InChI is InChI=1S/C12H18N2O2/c1-15-11-4-2-9(3-5-11)12(14-13)10-6-7-16-8-10/h2-5,10,12,14H,6-8,13H2,1H3. The van der Waals surface area contributed by atoms with Crippen LogP contribution in [0, 0.1) is 5.92 Å². The van der Waals surface area contributed by atoms with Crippen molar-refractivity contribution in [3.63, 3.8) is 0 Å². The third-order valence-electron chi connectivity index (χ3n) is 3.09. The van der Waals surface area contributed by atoms with Crippen LogP contribution >= 0.6 is 0 Å². The summed E-state index contributed by atoms with van der Waals surface area (Å²) in [4.78, 5) is 0. The number of ether oxygens (including phenoxy) is 2. The molecule has 0 radical (unpaired) electrons. The Morgan fingerprint density at radius 3 is 2.69 bits per heavy atom. The summed E-state index contributed by atoms with van der Waals surface area (Å²) in [7, 11) is 1.67. The van der Waals surface area contributed by atoms with E-state index in [2.05, 4.69) is 5.43 Å². The molecule has 1 saturated heterocycles. The van der Waals surface area contributed by atoms with Crippen molar-refractivity contribution in [2.75, 3.05) is 20.3 Å². The fourth-order valence-electron chi connectivity index (χ4n) is 2.13. The van der Waals surface area contributed by atoms with Crippen LogP contribution in [0.25, 0.3) is 0 Å². The van der Waals surface area contributed by atoms with Gasteiger partial charge in [0.2, 0.25) is 0 Å². The zero-order valence-corrected chi connectivity index (χ0v) is 9.48. The van der Waals surface area contributed by atoms with Crippen LogP contribution in [0.2, 0.25) is 0 Å². The molecule has 1 aromatic carbocycles. The van der Waals surface area contributed by atoms with E-state index < -0.39 is 0 Å². The Morgan fingerprint density at radius 2 is 2.19 bits per heavy atom. The highest BCUT2D eigenvalue weighted by atomic mass is 16.5. The summed E-state index contributed by atoms with van der Waals surface area (Å²) in [5.41, 5.74) is 4.06. The average Bonchev–Trinajstić information content (AvgIpc) is 2.85. The molecule has 16 heavy (non-hydrogen) atoms. The first-order chi connectivity index (χ1) is 7.85. The number of benzene rings is 1. The van der Waals surface area contributed by atoms with Crippen molar-refractivity contribution >= 4 is 0 Å². The molecule has 2 unspecified atom stereocenters. The monoisotopic (exact) mass is 222 g/mol. The van der Waals surface area contributed by atoms with Crippen molar-refractivity contribution in [1.82, 2.24) is 5.43 Å². The number of rotatable bonds is 4. The minimum Gasteiger partial charge on any atom is -0.497 e. The Bertz CT molecular complexity index is 320. The quantitative estimate of drug-likeness (QED) is 0.594. The molecule has 1 aliphatic rings. The van der Waals surface area contributed by atoms with Gasteiger partial charge in [0.05, 0.1) is 19.8 Å². The van der Waals surface area contributed by atoms with Gasteiger partial charge in [-0.1, -0.05) is 12.1 Å². The van der Waals surface area contributed by atoms with Gasteiger partial charge in [-0.2, -0.15) is 0 Å². The van der Waals surface area contributed by atoms with Gasteiger partial charge in [0.1, 0.15) is 5.75 Å². The van der Waals surface area contributed by atoms with E-state index in [-0.39, 0.29) is 6.04 Å². The van der Waals surface area contributed by atoms with Crippen LogP contribution in [0.1, 0.15) is 18.0 Å². The zero-order valence-electron chi connectivity index (χ0n) is 9.48. The molecule has 0 aromatic heterocycles. The Hall–Kier alpha value is -1.10. The number of hydrogen-bond donors (Lipinski definition) is 2. The second-order valence-electron chi connectivity index (χ2n) is 4.04. The molecule has 0 aliphatic carbocycles. The second-order valence-corrected chi connectivity index (χ2v) is 4.04. The largest absolute Gasteiger partial charge is 0.497 e. The summed E-state index contributed by atoms with van der Waals surface area (Å²) in [6.07, 6.45) is 1.06. The first-order valence-electron chi connectivity index (χ1n) is 5.53. The number of hydrogen-bond acceptors (Lipinski definition) is 4. The summed E-state index contributed by atoms with van der Waals surface area (Å²) >= 11 is 0. The Kier molecular flexibility index (Phi) is 3.77. The Balaban J connectivity index is 2.12. The molecule has 3 N–H and O–H groups in total. The third kappa shape index (κ3) is 2.35. The molecular weight excluding hydrogens is 204 g/mol. The lowest BCUT2D eigenvalue weighted by Gasteiger charge is -2.22. The molecule has 0 saturated carbocycles. The van der Waals surface area contributed by atoms with E-state index in [4.69, 9.17) is 15.3 Å². The summed E-state index contributed by atoms with van der Waals surface area (Å²) in [6, 6.07) is 8.15. The van der Waals surface area contributed by atoms with Gasteiger partial charge in [0.15, 0.2) is 0 Å². The highest BCUT2D eigenvalue weighted by molar-refractivity contribution is 5.29. The number of hydrazine groups is 1. The minimum atomic E-state index is 0.161. The SMILES string of the molecule is COc1ccc(C(NN)C2CCOC2)cc1. The Labute approximate surface area is 95.7 Å². The van der Waals surface area contributed by atoms with Crippen molar-refractivity contribution < 1.29 is 9.47 Å². The van der Waals surface area contributed by atoms with Crippen LogP contribution in [-0.4, -0.2) is 20.3 Å². The minimum absolute atomic E-state index is 0.161. The topological polar surface area (TPSA) is 56.5 Å². The molecule has 1 aliphatic heterocycles. The Morgan fingerprint density at radius 1 is 1.44 bits per heavy atom. The zero-order chi connectivity index (χ0) is 11.4. The van der Waals surface area contributed by atoms with Gasteiger partial charge in [0, 0.05) is 12.5 Å². The maximum absolute atomic E-state index is 5.62. The highest BCUT2D eigenvalue weighted by Crippen LogP contribution is 2.28. The first kappa shape index (κ1) is 11.4. The lowest BCUT2D eigenvalue weighted by Crippen LogP contribution is -2.33. The van der Waals surface area contributed by atoms with E-state index >= 15 is 0 Å². The molecule has 2 rings (SSSR count).